The number of halogens is 3. The number of carbonyl (C=O) groups is 1. The van der Waals surface area contributed by atoms with Gasteiger partial charge in [-0.3, -0.25) is 4.79 Å². The molecule has 21 heavy (non-hydrogen) atoms. The van der Waals surface area contributed by atoms with Crippen molar-refractivity contribution < 1.29 is 27.4 Å². The van der Waals surface area contributed by atoms with Gasteiger partial charge in [-0.1, -0.05) is 12.1 Å². The fourth-order valence-corrected chi connectivity index (χ4v) is 1.94. The number of alkyl halides is 3. The van der Waals surface area contributed by atoms with Crippen LogP contribution in [0.2, 0.25) is 0 Å². The third-order valence-electron chi connectivity index (χ3n) is 3.01. The quantitative estimate of drug-likeness (QED) is 0.849. The summed E-state index contributed by atoms with van der Waals surface area (Å²) in [6, 6.07) is 4.76. The maximum Gasteiger partial charge on any atom is 0.573 e. The van der Waals surface area contributed by atoms with Crippen LogP contribution in [0.1, 0.15) is 31.9 Å². The second kappa shape index (κ2) is 6.34. The Bertz CT molecular complexity index is 483. The highest BCUT2D eigenvalue weighted by Crippen LogP contribution is 2.31. The molecule has 1 aromatic carbocycles. The predicted octanol–water partition coefficient (Wildman–Crippen LogP) is 3.17. The lowest BCUT2D eigenvalue weighted by molar-refractivity contribution is -0.274. The van der Waals surface area contributed by atoms with Gasteiger partial charge >= 0.3 is 12.3 Å². The van der Waals surface area contributed by atoms with Crippen LogP contribution < -0.4 is 10.5 Å². The van der Waals surface area contributed by atoms with Gasteiger partial charge in [0.15, 0.2) is 0 Å². The van der Waals surface area contributed by atoms with Crippen LogP contribution in [0.3, 0.4) is 0 Å². The van der Waals surface area contributed by atoms with Crippen molar-refractivity contribution in [1.82, 2.24) is 0 Å². The third-order valence-corrected chi connectivity index (χ3v) is 3.01. The van der Waals surface area contributed by atoms with E-state index in [0.717, 1.165) is 0 Å². The van der Waals surface area contributed by atoms with Crippen LogP contribution in [0.4, 0.5) is 13.2 Å². The van der Waals surface area contributed by atoms with Crippen LogP contribution in [0.5, 0.6) is 5.75 Å². The van der Waals surface area contributed by atoms with Gasteiger partial charge in [-0.25, -0.2) is 0 Å². The van der Waals surface area contributed by atoms with E-state index in [4.69, 9.17) is 5.73 Å². The maximum atomic E-state index is 12.1. The highest BCUT2D eigenvalue weighted by molar-refractivity contribution is 5.75. The van der Waals surface area contributed by atoms with E-state index in [1.165, 1.54) is 31.4 Å². The van der Waals surface area contributed by atoms with Crippen LogP contribution in [-0.4, -0.2) is 19.4 Å². The summed E-state index contributed by atoms with van der Waals surface area (Å²) in [6.45, 7) is 3.39. The van der Waals surface area contributed by atoms with Crippen LogP contribution in [0.25, 0.3) is 0 Å². The number of benzene rings is 1. The van der Waals surface area contributed by atoms with E-state index < -0.39 is 23.8 Å². The Balaban J connectivity index is 2.76. The van der Waals surface area contributed by atoms with Gasteiger partial charge in [-0.2, -0.15) is 0 Å². The summed E-state index contributed by atoms with van der Waals surface area (Å²) in [7, 11) is 1.29. The van der Waals surface area contributed by atoms with Crippen molar-refractivity contribution in [2.75, 3.05) is 7.11 Å². The molecule has 0 spiro atoms. The predicted molar refractivity (Wildman–Crippen MR) is 70.5 cm³/mol. The van der Waals surface area contributed by atoms with Gasteiger partial charge in [0.1, 0.15) is 5.75 Å². The molecular formula is C14H18F3NO3. The number of rotatable bonds is 5. The van der Waals surface area contributed by atoms with Crippen LogP contribution >= 0.6 is 0 Å². The summed E-state index contributed by atoms with van der Waals surface area (Å²) < 4.78 is 44.6. The van der Waals surface area contributed by atoms with E-state index in [0.29, 0.717) is 12.0 Å². The molecule has 0 amide bonds. The van der Waals surface area contributed by atoms with Crippen LogP contribution in [-0.2, 0) is 9.53 Å². The molecule has 4 nitrogen and oxygen atoms in total. The highest BCUT2D eigenvalue weighted by Gasteiger charge is 2.32. The van der Waals surface area contributed by atoms with Gasteiger partial charge in [0, 0.05) is 6.04 Å². The molecule has 0 aliphatic carbocycles. The smallest absolute Gasteiger partial charge is 0.469 e. The molecule has 0 aromatic heterocycles. The summed E-state index contributed by atoms with van der Waals surface area (Å²) in [4.78, 5) is 11.6. The first-order chi connectivity index (χ1) is 9.55. The average molecular weight is 305 g/mol. The number of hydrogen-bond acceptors (Lipinski definition) is 4. The number of carbonyl (C=O) groups excluding carboxylic acids is 1. The van der Waals surface area contributed by atoms with Crippen molar-refractivity contribution in [2.45, 2.75) is 32.7 Å². The van der Waals surface area contributed by atoms with E-state index in [9.17, 15) is 18.0 Å². The van der Waals surface area contributed by atoms with Gasteiger partial charge in [-0.05, 0) is 38.0 Å². The van der Waals surface area contributed by atoms with Crippen molar-refractivity contribution in [2.24, 2.45) is 11.1 Å². The monoisotopic (exact) mass is 305 g/mol. The van der Waals surface area contributed by atoms with Gasteiger partial charge in [0.2, 0.25) is 0 Å². The molecule has 0 saturated heterocycles. The molecule has 1 unspecified atom stereocenters. The van der Waals surface area contributed by atoms with Crippen molar-refractivity contribution in [3.8, 4) is 5.75 Å². The Morgan fingerprint density at radius 3 is 2.19 bits per heavy atom. The molecule has 0 saturated carbocycles. The first-order valence-corrected chi connectivity index (χ1v) is 6.25. The fraction of sp³-hybridized carbons (Fsp3) is 0.500. The van der Waals surface area contributed by atoms with Crippen molar-refractivity contribution in [1.29, 1.82) is 0 Å². The maximum absolute atomic E-state index is 12.1. The molecule has 1 rings (SSSR count). The molecule has 1 atom stereocenters. The van der Waals surface area contributed by atoms with Crippen molar-refractivity contribution in [3.05, 3.63) is 29.8 Å². The lowest BCUT2D eigenvalue weighted by atomic mass is 9.84. The molecule has 0 bridgehead atoms. The Morgan fingerprint density at radius 2 is 1.76 bits per heavy atom. The second-order valence-corrected chi connectivity index (χ2v) is 5.30. The standard InChI is InChI=1S/C14H18F3NO3/c1-13(2,12(19)20-3)8-11(18)9-4-6-10(7-5-9)21-14(15,16)17/h4-7,11H,8,18H2,1-3H3. The molecule has 0 fully saturated rings. The molecule has 0 aliphatic rings. The second-order valence-electron chi connectivity index (χ2n) is 5.30. The molecule has 118 valence electrons. The lowest BCUT2D eigenvalue weighted by Crippen LogP contribution is -2.30. The summed E-state index contributed by atoms with van der Waals surface area (Å²) in [5, 5.41) is 0. The molecule has 0 aliphatic heterocycles. The normalized spacial score (nSPS) is 13.7. The minimum absolute atomic E-state index is 0.305. The fourth-order valence-electron chi connectivity index (χ4n) is 1.94. The number of ether oxygens (including phenoxy) is 2. The number of hydrogen-bond donors (Lipinski definition) is 1. The summed E-state index contributed by atoms with van der Waals surface area (Å²) in [5.41, 5.74) is 5.81. The van der Waals surface area contributed by atoms with E-state index in [2.05, 4.69) is 9.47 Å². The van der Waals surface area contributed by atoms with E-state index in [1.54, 1.807) is 13.8 Å². The van der Waals surface area contributed by atoms with Gasteiger partial charge < -0.3 is 15.2 Å². The molecule has 2 N–H and O–H groups in total. The van der Waals surface area contributed by atoms with E-state index >= 15 is 0 Å². The van der Waals surface area contributed by atoms with E-state index in [-0.39, 0.29) is 5.75 Å². The lowest BCUT2D eigenvalue weighted by Gasteiger charge is -2.25. The molecule has 1 aromatic rings. The zero-order chi connectivity index (χ0) is 16.3. The first kappa shape index (κ1) is 17.3. The minimum Gasteiger partial charge on any atom is -0.469 e. The summed E-state index contributed by atoms with van der Waals surface area (Å²) >= 11 is 0. The topological polar surface area (TPSA) is 61.5 Å². The Morgan fingerprint density at radius 1 is 1.24 bits per heavy atom. The number of nitrogens with two attached hydrogens (primary N) is 1. The van der Waals surface area contributed by atoms with Gasteiger partial charge in [0.25, 0.3) is 0 Å². The number of esters is 1. The Kier molecular flexibility index (Phi) is 5.22. The zero-order valence-corrected chi connectivity index (χ0v) is 12.0. The minimum atomic E-state index is -4.73. The van der Waals surface area contributed by atoms with Crippen molar-refractivity contribution >= 4 is 5.97 Å². The molecule has 0 radical (unpaired) electrons. The molecule has 0 heterocycles. The van der Waals surface area contributed by atoms with Gasteiger partial charge in [0.05, 0.1) is 12.5 Å². The van der Waals surface area contributed by atoms with Crippen LogP contribution in [0.15, 0.2) is 24.3 Å². The summed E-state index contributed by atoms with van der Waals surface area (Å²) in [6.07, 6.45) is -4.42. The third kappa shape index (κ3) is 5.26. The molecular weight excluding hydrogens is 287 g/mol. The Labute approximate surface area is 121 Å². The molecule has 7 heteroatoms. The number of methoxy groups -OCH3 is 1. The highest BCUT2D eigenvalue weighted by atomic mass is 19.4. The Hall–Kier alpha value is -1.76. The summed E-state index contributed by atoms with van der Waals surface area (Å²) in [5.74, 6) is -0.708. The van der Waals surface area contributed by atoms with Crippen molar-refractivity contribution in [3.63, 3.8) is 0 Å². The largest absolute Gasteiger partial charge is 0.573 e. The van der Waals surface area contributed by atoms with E-state index in [1.807, 2.05) is 0 Å². The van der Waals surface area contributed by atoms with Gasteiger partial charge in [-0.15, -0.1) is 13.2 Å². The SMILES string of the molecule is COC(=O)C(C)(C)CC(N)c1ccc(OC(F)(F)F)cc1. The van der Waals surface area contributed by atoms with Crippen LogP contribution in [0, 0.1) is 5.41 Å². The average Bonchev–Trinajstić information content (AvgIpc) is 2.36. The first-order valence-electron chi connectivity index (χ1n) is 6.25. The zero-order valence-electron chi connectivity index (χ0n) is 12.0.